The molecule has 23 heavy (non-hydrogen) atoms. The molecule has 0 aliphatic carbocycles. The van der Waals surface area contributed by atoms with Crippen molar-refractivity contribution in [2.75, 3.05) is 5.32 Å². The van der Waals surface area contributed by atoms with Gasteiger partial charge in [-0.3, -0.25) is 4.79 Å². The van der Waals surface area contributed by atoms with Gasteiger partial charge in [0, 0.05) is 22.2 Å². The van der Waals surface area contributed by atoms with Crippen LogP contribution in [0.5, 0.6) is 0 Å². The first-order valence-corrected chi connectivity index (χ1v) is 8.32. The molecule has 0 spiro atoms. The van der Waals surface area contributed by atoms with Crippen molar-refractivity contribution in [1.29, 1.82) is 0 Å². The van der Waals surface area contributed by atoms with Crippen molar-refractivity contribution in [3.63, 3.8) is 0 Å². The van der Waals surface area contributed by atoms with Crippen LogP contribution in [0.2, 0.25) is 0 Å². The Labute approximate surface area is 140 Å². The van der Waals surface area contributed by atoms with Gasteiger partial charge in [0.2, 0.25) is 0 Å². The van der Waals surface area contributed by atoms with E-state index in [0.29, 0.717) is 5.56 Å². The first-order valence-electron chi connectivity index (χ1n) is 7.44. The number of hydrogen-bond donors (Lipinski definition) is 1. The zero-order chi connectivity index (χ0) is 16.4. The molecule has 0 saturated heterocycles. The fourth-order valence-electron chi connectivity index (χ4n) is 2.31. The highest BCUT2D eigenvalue weighted by Crippen LogP contribution is 2.23. The predicted molar refractivity (Wildman–Crippen MR) is 96.2 cm³/mol. The number of nitrogens with zero attached hydrogens (tertiary/aromatic N) is 1. The number of amides is 1. The zero-order valence-electron chi connectivity index (χ0n) is 13.4. The molecule has 1 aromatic heterocycles. The summed E-state index contributed by atoms with van der Waals surface area (Å²) in [4.78, 5) is 16.8. The van der Waals surface area contributed by atoms with Crippen LogP contribution in [0, 0.1) is 20.8 Å². The Bertz CT molecular complexity index is 850. The summed E-state index contributed by atoms with van der Waals surface area (Å²) in [5.74, 6) is -0.0923. The van der Waals surface area contributed by atoms with Gasteiger partial charge in [-0.1, -0.05) is 18.2 Å². The van der Waals surface area contributed by atoms with E-state index < -0.39 is 0 Å². The number of aryl methyl sites for hydroxylation is 3. The first-order chi connectivity index (χ1) is 11.0. The van der Waals surface area contributed by atoms with E-state index in [1.807, 2.05) is 68.6 Å². The smallest absolute Gasteiger partial charge is 0.255 e. The summed E-state index contributed by atoms with van der Waals surface area (Å²) >= 11 is 1.63. The van der Waals surface area contributed by atoms with Crippen molar-refractivity contribution in [2.45, 2.75) is 20.8 Å². The second kappa shape index (κ2) is 6.34. The molecular weight excluding hydrogens is 304 g/mol. The number of hydrogen-bond acceptors (Lipinski definition) is 3. The van der Waals surface area contributed by atoms with E-state index >= 15 is 0 Å². The lowest BCUT2D eigenvalue weighted by Crippen LogP contribution is -2.12. The SMILES string of the molecule is Cc1nc(-c2ccc(NC(=O)c3ccc(C)c(C)c3)cc2)cs1. The van der Waals surface area contributed by atoms with Gasteiger partial charge in [-0.15, -0.1) is 11.3 Å². The summed E-state index contributed by atoms with van der Waals surface area (Å²) < 4.78 is 0. The Balaban J connectivity index is 1.75. The number of aromatic nitrogens is 1. The van der Waals surface area contributed by atoms with Crippen molar-refractivity contribution >= 4 is 22.9 Å². The van der Waals surface area contributed by atoms with Gasteiger partial charge in [-0.05, 0) is 56.2 Å². The van der Waals surface area contributed by atoms with E-state index in [2.05, 4.69) is 10.3 Å². The molecule has 1 N–H and O–H groups in total. The number of carbonyl (C=O) groups is 1. The van der Waals surface area contributed by atoms with Crippen molar-refractivity contribution < 1.29 is 4.79 Å². The minimum absolute atomic E-state index is 0.0923. The highest BCUT2D eigenvalue weighted by Gasteiger charge is 2.08. The molecule has 0 fully saturated rings. The zero-order valence-corrected chi connectivity index (χ0v) is 14.2. The maximum Gasteiger partial charge on any atom is 0.255 e. The van der Waals surface area contributed by atoms with Crippen molar-refractivity contribution in [3.8, 4) is 11.3 Å². The summed E-state index contributed by atoms with van der Waals surface area (Å²) in [5.41, 5.74) is 5.78. The monoisotopic (exact) mass is 322 g/mol. The maximum atomic E-state index is 12.3. The number of anilines is 1. The molecule has 0 atom stereocenters. The van der Waals surface area contributed by atoms with Gasteiger partial charge < -0.3 is 5.32 Å². The Morgan fingerprint density at radius 3 is 2.35 bits per heavy atom. The lowest BCUT2D eigenvalue weighted by Gasteiger charge is -2.08. The van der Waals surface area contributed by atoms with Gasteiger partial charge in [0.05, 0.1) is 10.7 Å². The third-order valence-electron chi connectivity index (χ3n) is 3.83. The summed E-state index contributed by atoms with van der Waals surface area (Å²) in [7, 11) is 0. The van der Waals surface area contributed by atoms with Gasteiger partial charge >= 0.3 is 0 Å². The van der Waals surface area contributed by atoms with Gasteiger partial charge in [0.25, 0.3) is 5.91 Å². The molecule has 1 heterocycles. The first kappa shape index (κ1) is 15.4. The highest BCUT2D eigenvalue weighted by molar-refractivity contribution is 7.09. The van der Waals surface area contributed by atoms with Crippen LogP contribution in [-0.4, -0.2) is 10.9 Å². The maximum absolute atomic E-state index is 12.3. The van der Waals surface area contributed by atoms with E-state index in [-0.39, 0.29) is 5.91 Å². The van der Waals surface area contributed by atoms with E-state index in [1.54, 1.807) is 11.3 Å². The van der Waals surface area contributed by atoms with Crippen LogP contribution < -0.4 is 5.32 Å². The Morgan fingerprint density at radius 1 is 1.00 bits per heavy atom. The minimum Gasteiger partial charge on any atom is -0.322 e. The Morgan fingerprint density at radius 2 is 1.74 bits per heavy atom. The molecule has 0 radical (unpaired) electrons. The lowest BCUT2D eigenvalue weighted by molar-refractivity contribution is 0.102. The third kappa shape index (κ3) is 3.48. The van der Waals surface area contributed by atoms with Gasteiger partial charge in [-0.2, -0.15) is 0 Å². The van der Waals surface area contributed by atoms with E-state index in [4.69, 9.17) is 0 Å². The minimum atomic E-state index is -0.0923. The lowest BCUT2D eigenvalue weighted by atomic mass is 10.1. The van der Waals surface area contributed by atoms with E-state index in [0.717, 1.165) is 27.5 Å². The van der Waals surface area contributed by atoms with Crippen molar-refractivity contribution in [1.82, 2.24) is 4.98 Å². The van der Waals surface area contributed by atoms with Crippen LogP contribution in [0.25, 0.3) is 11.3 Å². The number of rotatable bonds is 3. The fraction of sp³-hybridized carbons (Fsp3) is 0.158. The summed E-state index contributed by atoms with van der Waals surface area (Å²) in [5, 5.41) is 6.02. The predicted octanol–water partition coefficient (Wildman–Crippen LogP) is 4.99. The largest absolute Gasteiger partial charge is 0.322 e. The molecule has 2 aromatic carbocycles. The normalized spacial score (nSPS) is 10.6. The Kier molecular flexibility index (Phi) is 4.26. The van der Waals surface area contributed by atoms with Crippen molar-refractivity contribution in [2.24, 2.45) is 0 Å². The van der Waals surface area contributed by atoms with Crippen LogP contribution in [0.1, 0.15) is 26.5 Å². The molecule has 3 aromatic rings. The van der Waals surface area contributed by atoms with Crippen LogP contribution in [0.3, 0.4) is 0 Å². The summed E-state index contributed by atoms with van der Waals surface area (Å²) in [6.45, 7) is 6.04. The second-order valence-corrected chi connectivity index (χ2v) is 6.64. The molecule has 0 aliphatic rings. The van der Waals surface area contributed by atoms with Crippen molar-refractivity contribution in [3.05, 3.63) is 69.5 Å². The molecule has 3 rings (SSSR count). The van der Waals surface area contributed by atoms with Gasteiger partial charge in [0.15, 0.2) is 0 Å². The third-order valence-corrected chi connectivity index (χ3v) is 4.60. The number of carbonyl (C=O) groups excluding carboxylic acids is 1. The molecular formula is C19H18N2OS. The van der Waals surface area contributed by atoms with Crippen LogP contribution in [0.4, 0.5) is 5.69 Å². The van der Waals surface area contributed by atoms with Crippen LogP contribution >= 0.6 is 11.3 Å². The van der Waals surface area contributed by atoms with E-state index in [1.165, 1.54) is 5.56 Å². The molecule has 1 amide bonds. The fourth-order valence-corrected chi connectivity index (χ4v) is 2.93. The number of nitrogens with one attached hydrogen (secondary N) is 1. The molecule has 116 valence electrons. The quantitative estimate of drug-likeness (QED) is 0.738. The topological polar surface area (TPSA) is 42.0 Å². The molecule has 3 nitrogen and oxygen atoms in total. The number of benzene rings is 2. The standard InChI is InChI=1S/C19H18N2OS/c1-12-4-5-16(10-13(12)2)19(22)21-17-8-6-15(7-9-17)18-11-23-14(3)20-18/h4-11H,1-3H3,(H,21,22). The van der Waals surface area contributed by atoms with Gasteiger partial charge in [-0.25, -0.2) is 4.98 Å². The highest BCUT2D eigenvalue weighted by atomic mass is 32.1. The summed E-state index contributed by atoms with van der Waals surface area (Å²) in [6, 6.07) is 13.5. The summed E-state index contributed by atoms with van der Waals surface area (Å²) in [6.07, 6.45) is 0. The van der Waals surface area contributed by atoms with Crippen LogP contribution in [-0.2, 0) is 0 Å². The molecule has 0 aliphatic heterocycles. The number of thiazole rings is 1. The van der Waals surface area contributed by atoms with Gasteiger partial charge in [0.1, 0.15) is 0 Å². The molecule has 0 bridgehead atoms. The second-order valence-electron chi connectivity index (χ2n) is 5.58. The molecule has 0 unspecified atom stereocenters. The average molecular weight is 322 g/mol. The molecule has 0 saturated carbocycles. The Hall–Kier alpha value is -2.46. The molecule has 4 heteroatoms. The van der Waals surface area contributed by atoms with E-state index in [9.17, 15) is 4.79 Å². The van der Waals surface area contributed by atoms with Crippen LogP contribution in [0.15, 0.2) is 47.8 Å². The average Bonchev–Trinajstić information content (AvgIpc) is 2.97.